The summed E-state index contributed by atoms with van der Waals surface area (Å²) in [5, 5.41) is 0. The lowest BCUT2D eigenvalue weighted by molar-refractivity contribution is -0.117. The Balaban J connectivity index is -0.000000588. The van der Waals surface area contributed by atoms with E-state index in [-0.39, 0.29) is 23.1 Å². The molecule has 96 heavy (non-hydrogen) atoms. The smallest absolute Gasteiger partial charge is 0.130 e. The summed E-state index contributed by atoms with van der Waals surface area (Å²) < 4.78 is 0. The zero-order valence-electron chi connectivity index (χ0n) is 67.5. The molecule has 0 aromatic rings. The van der Waals surface area contributed by atoms with Crippen LogP contribution in [0.5, 0.6) is 0 Å². The molecule has 4 nitrogen and oxygen atoms in total. The van der Waals surface area contributed by atoms with E-state index in [9.17, 15) is 19.2 Å². The van der Waals surface area contributed by atoms with E-state index in [1.165, 1.54) is 115 Å². The standard InChI is InChI=1S/4C23H38O/c4*1-19(2)11-7-12-20(3)13-8-14-21(4)15-9-16-22(5)17-10-18-23(6)24/h4*11,13,15,17H,7-10,12,14,16,18H2,1-6H3/b4*20-13+,21-15+,22-17+. The largest absolute Gasteiger partial charge is 0.300 e. The van der Waals surface area contributed by atoms with Crippen molar-refractivity contribution in [2.45, 2.75) is 372 Å². The minimum atomic E-state index is 0.277. The van der Waals surface area contributed by atoms with E-state index in [0.29, 0.717) is 25.7 Å². The van der Waals surface area contributed by atoms with E-state index in [1.807, 2.05) is 0 Å². The number of ketones is 4. The first-order chi connectivity index (χ1) is 45.2. The van der Waals surface area contributed by atoms with E-state index >= 15 is 0 Å². The average Bonchev–Trinajstić information content (AvgIpc) is 3.67. The normalized spacial score (nSPS) is 13.2. The third-order valence-corrected chi connectivity index (χ3v) is 16.6. The van der Waals surface area contributed by atoms with Crippen LogP contribution in [-0.4, -0.2) is 23.1 Å². The van der Waals surface area contributed by atoms with Gasteiger partial charge in [0.15, 0.2) is 0 Å². The van der Waals surface area contributed by atoms with Crippen LogP contribution >= 0.6 is 0 Å². The second kappa shape index (κ2) is 66.7. The number of carbonyl (C=O) groups excluding carboxylic acids is 4. The van der Waals surface area contributed by atoms with Crippen LogP contribution in [0.4, 0.5) is 0 Å². The molecule has 0 aliphatic heterocycles. The van der Waals surface area contributed by atoms with Gasteiger partial charge in [0.25, 0.3) is 0 Å². The summed E-state index contributed by atoms with van der Waals surface area (Å²) in [6, 6.07) is 0. The van der Waals surface area contributed by atoms with Crippen molar-refractivity contribution < 1.29 is 19.2 Å². The highest BCUT2D eigenvalue weighted by molar-refractivity contribution is 5.76. The Kier molecular flexibility index (Phi) is 67.4. The Bertz CT molecular complexity index is 2300. The minimum absolute atomic E-state index is 0.277. The van der Waals surface area contributed by atoms with Crippen LogP contribution in [0.15, 0.2) is 186 Å². The van der Waals surface area contributed by atoms with Gasteiger partial charge in [-0.05, 0) is 346 Å². The van der Waals surface area contributed by atoms with Gasteiger partial charge in [-0.3, -0.25) is 0 Å². The summed E-state index contributed by atoms with van der Waals surface area (Å²) in [6.45, 7) is 50.5. The minimum Gasteiger partial charge on any atom is -0.300 e. The number of rotatable bonds is 48. The van der Waals surface area contributed by atoms with Gasteiger partial charge in [-0.15, -0.1) is 0 Å². The number of hydrogen-bond acceptors (Lipinski definition) is 4. The van der Waals surface area contributed by atoms with Crippen molar-refractivity contribution in [1.29, 1.82) is 0 Å². The summed E-state index contributed by atoms with van der Waals surface area (Å²) >= 11 is 0. The first-order valence-electron chi connectivity index (χ1n) is 37.6. The fourth-order valence-electron chi connectivity index (χ4n) is 10.0. The highest BCUT2D eigenvalue weighted by Crippen LogP contribution is 2.19. The number of hydrogen-bond donors (Lipinski definition) is 0. The fourth-order valence-corrected chi connectivity index (χ4v) is 10.0. The van der Waals surface area contributed by atoms with E-state index in [4.69, 9.17) is 0 Å². The Morgan fingerprint density at radius 1 is 0.135 bits per heavy atom. The molecule has 0 N–H and O–H groups in total. The molecule has 4 heteroatoms. The molecule has 0 rings (SSSR count). The predicted octanol–water partition coefficient (Wildman–Crippen LogP) is 30.0. The van der Waals surface area contributed by atoms with Crippen molar-refractivity contribution in [3.63, 3.8) is 0 Å². The maximum Gasteiger partial charge on any atom is 0.130 e. The zero-order valence-corrected chi connectivity index (χ0v) is 67.5. The van der Waals surface area contributed by atoms with Crippen molar-refractivity contribution >= 4 is 23.1 Å². The van der Waals surface area contributed by atoms with E-state index in [0.717, 1.165) is 154 Å². The quantitative estimate of drug-likeness (QED) is 0.0569. The van der Waals surface area contributed by atoms with Crippen LogP contribution in [0.25, 0.3) is 0 Å². The van der Waals surface area contributed by atoms with Gasteiger partial charge in [0.1, 0.15) is 23.1 Å². The fraction of sp³-hybridized carbons (Fsp3) is 0.609. The topological polar surface area (TPSA) is 68.3 Å². The van der Waals surface area contributed by atoms with Crippen LogP contribution in [0, 0.1) is 0 Å². The van der Waals surface area contributed by atoms with Crippen LogP contribution in [-0.2, 0) is 19.2 Å². The lowest BCUT2D eigenvalue weighted by atomic mass is 10.0. The van der Waals surface area contributed by atoms with Gasteiger partial charge in [0.05, 0.1) is 0 Å². The van der Waals surface area contributed by atoms with Gasteiger partial charge in [-0.1, -0.05) is 186 Å². The highest BCUT2D eigenvalue weighted by Gasteiger charge is 2.01. The third kappa shape index (κ3) is 82.7. The molecule has 544 valence electrons. The van der Waals surface area contributed by atoms with Crippen molar-refractivity contribution in [1.82, 2.24) is 0 Å². The first kappa shape index (κ1) is 96.9. The molecule has 0 spiro atoms. The van der Waals surface area contributed by atoms with Crippen molar-refractivity contribution in [2.24, 2.45) is 0 Å². The third-order valence-electron chi connectivity index (χ3n) is 16.6. The molecule has 0 unspecified atom stereocenters. The van der Waals surface area contributed by atoms with Gasteiger partial charge in [-0.25, -0.2) is 0 Å². The van der Waals surface area contributed by atoms with E-state index in [1.54, 1.807) is 27.7 Å². The molecule has 0 aromatic heterocycles. The molecule has 0 amide bonds. The lowest BCUT2D eigenvalue weighted by Gasteiger charge is -2.02. The first-order valence-corrected chi connectivity index (χ1v) is 37.6. The Morgan fingerprint density at radius 3 is 0.302 bits per heavy atom. The number of carbonyl (C=O) groups is 4. The SMILES string of the molecule is CC(=O)CC/C=C(\C)CC/C=C(\C)CC/C=C(\C)CCC=C(C)C.CC(=O)CC/C=C(\C)CC/C=C(\C)CC/C=C(\C)CCC=C(C)C.CC(=O)CC/C=C(\C)CC/C=C(\C)CC/C=C(\C)CCC=C(C)C.CC(=O)CC/C=C(\C)CC/C=C(\C)CC/C=C(\C)CCC=C(C)C. The molecule has 0 heterocycles. The van der Waals surface area contributed by atoms with Gasteiger partial charge in [0, 0.05) is 25.7 Å². The molecule has 0 bridgehead atoms. The van der Waals surface area contributed by atoms with Gasteiger partial charge in [-0.2, -0.15) is 0 Å². The van der Waals surface area contributed by atoms with Crippen LogP contribution < -0.4 is 0 Å². The molecule has 0 radical (unpaired) electrons. The summed E-state index contributed by atoms with van der Waals surface area (Å²) in [5.41, 5.74) is 23.2. The Hall–Kier alpha value is -5.48. The second-order valence-electron chi connectivity index (χ2n) is 29.2. The highest BCUT2D eigenvalue weighted by atomic mass is 16.1. The molecule has 0 saturated carbocycles. The summed E-state index contributed by atoms with van der Waals surface area (Å²) in [6.07, 6.45) is 70.8. The Morgan fingerprint density at radius 2 is 0.219 bits per heavy atom. The lowest BCUT2D eigenvalue weighted by Crippen LogP contribution is -1.87. The molecular weight excluding hydrogens is 1170 g/mol. The predicted molar refractivity (Wildman–Crippen MR) is 433 cm³/mol. The zero-order chi connectivity index (χ0) is 73.5. The van der Waals surface area contributed by atoms with Crippen molar-refractivity contribution in [2.75, 3.05) is 0 Å². The monoisotopic (exact) mass is 1320 g/mol. The van der Waals surface area contributed by atoms with E-state index in [2.05, 4.69) is 236 Å². The van der Waals surface area contributed by atoms with E-state index < -0.39 is 0 Å². The second-order valence-corrected chi connectivity index (χ2v) is 29.2. The van der Waals surface area contributed by atoms with Gasteiger partial charge >= 0.3 is 0 Å². The Labute approximate surface area is 597 Å². The van der Waals surface area contributed by atoms with Gasteiger partial charge < -0.3 is 19.2 Å². The average molecular weight is 1320 g/mol. The molecule has 0 aliphatic rings. The molecule has 0 aliphatic carbocycles. The number of allylic oxidation sites excluding steroid dienone is 32. The molecular formula is C92H152O4. The summed E-state index contributed by atoms with van der Waals surface area (Å²) in [7, 11) is 0. The molecule has 0 aromatic carbocycles. The molecule has 0 fully saturated rings. The summed E-state index contributed by atoms with van der Waals surface area (Å²) in [5.74, 6) is 1.11. The maximum atomic E-state index is 10.9. The van der Waals surface area contributed by atoms with Crippen LogP contribution in [0.2, 0.25) is 0 Å². The van der Waals surface area contributed by atoms with Crippen molar-refractivity contribution in [3.8, 4) is 0 Å². The van der Waals surface area contributed by atoms with Crippen molar-refractivity contribution in [3.05, 3.63) is 186 Å². The molecule has 0 saturated heterocycles. The molecule has 0 atom stereocenters. The van der Waals surface area contributed by atoms with Crippen LogP contribution in [0.1, 0.15) is 372 Å². The maximum absolute atomic E-state index is 10.9. The van der Waals surface area contributed by atoms with Gasteiger partial charge in [0.2, 0.25) is 0 Å². The number of Topliss-reactive ketones (excluding diaryl/α,β-unsaturated/α-hetero) is 4. The van der Waals surface area contributed by atoms with Crippen LogP contribution in [0.3, 0.4) is 0 Å². The summed E-state index contributed by atoms with van der Waals surface area (Å²) in [4.78, 5) is 43.7.